The van der Waals surface area contributed by atoms with Gasteiger partial charge in [0.25, 0.3) is 0 Å². The number of hydrogen-bond acceptors (Lipinski definition) is 6. The zero-order chi connectivity index (χ0) is 32.8. The molecule has 2 unspecified atom stereocenters. The van der Waals surface area contributed by atoms with Gasteiger partial charge >= 0.3 is 5.97 Å². The molecule has 6 rings (SSSR count). The van der Waals surface area contributed by atoms with Gasteiger partial charge in [0, 0.05) is 59.3 Å². The van der Waals surface area contributed by atoms with E-state index < -0.39 is 5.97 Å². The van der Waals surface area contributed by atoms with E-state index in [0.717, 1.165) is 79.2 Å². The van der Waals surface area contributed by atoms with Crippen molar-refractivity contribution in [2.45, 2.75) is 45.4 Å². The van der Waals surface area contributed by atoms with Crippen LogP contribution in [-0.4, -0.2) is 38.2 Å². The van der Waals surface area contributed by atoms with E-state index in [1.165, 1.54) is 6.92 Å². The lowest BCUT2D eigenvalue weighted by Crippen LogP contribution is -2.37. The summed E-state index contributed by atoms with van der Waals surface area (Å²) in [6.45, 7) is 8.04. The van der Waals surface area contributed by atoms with Gasteiger partial charge in [0.05, 0.1) is 12.0 Å². The number of carboxylic acids is 1. The van der Waals surface area contributed by atoms with Crippen molar-refractivity contribution in [1.29, 1.82) is 0 Å². The van der Waals surface area contributed by atoms with E-state index in [-0.39, 0.29) is 18.1 Å². The van der Waals surface area contributed by atoms with Crippen molar-refractivity contribution in [3.8, 4) is 22.5 Å². The maximum absolute atomic E-state index is 12.3. The first kappa shape index (κ1) is 32.0. The zero-order valence-electron chi connectivity index (χ0n) is 27.0. The molecule has 0 saturated heterocycles. The predicted octanol–water partition coefficient (Wildman–Crippen LogP) is 6.57. The number of anilines is 1. The Balaban J connectivity index is 1.53. The van der Waals surface area contributed by atoms with Gasteiger partial charge in [-0.25, -0.2) is 4.58 Å². The first-order valence-electron chi connectivity index (χ1n) is 16.6. The Morgan fingerprint density at radius 3 is 2.45 bits per heavy atom. The molecule has 0 radical (unpaired) electrons. The van der Waals surface area contributed by atoms with Crippen molar-refractivity contribution in [2.75, 3.05) is 31.1 Å². The van der Waals surface area contributed by atoms with Crippen LogP contribution in [-0.2, 0) is 9.53 Å². The number of carbonyl (C=O) groups is 2. The van der Waals surface area contributed by atoms with Crippen LogP contribution in [0.4, 0.5) is 5.69 Å². The van der Waals surface area contributed by atoms with Crippen LogP contribution in [0.15, 0.2) is 102 Å². The molecule has 7 nitrogen and oxygen atoms in total. The summed E-state index contributed by atoms with van der Waals surface area (Å²) >= 11 is 0. The fraction of sp³-hybridized carbons (Fsp3) is 0.325. The number of allylic oxidation sites excluding steroid dienone is 4. The van der Waals surface area contributed by atoms with Crippen molar-refractivity contribution in [3.05, 3.63) is 109 Å². The smallest absolute Gasteiger partial charge is 0.302 e. The largest absolute Gasteiger partial charge is 0.545 e. The van der Waals surface area contributed by atoms with Crippen LogP contribution in [0.2, 0.25) is 0 Å². The summed E-state index contributed by atoms with van der Waals surface area (Å²) in [5.74, 6) is 0.130. The van der Waals surface area contributed by atoms with Gasteiger partial charge in [-0.2, -0.15) is 0 Å². The Morgan fingerprint density at radius 2 is 1.74 bits per heavy atom. The van der Waals surface area contributed by atoms with Gasteiger partial charge in [0.1, 0.15) is 24.5 Å². The molecule has 0 bridgehead atoms. The minimum Gasteiger partial charge on any atom is -0.545 e. The average Bonchev–Trinajstić information content (AvgIpc) is 3.09. The fourth-order valence-electron chi connectivity index (χ4n) is 6.96. The third kappa shape index (κ3) is 7.40. The molecule has 0 spiro atoms. The number of aromatic carboxylic acids is 1. The number of fused-ring (bicyclic) bond motifs is 2. The summed E-state index contributed by atoms with van der Waals surface area (Å²) in [5, 5.41) is 14.1. The van der Waals surface area contributed by atoms with Gasteiger partial charge in [-0.1, -0.05) is 55.1 Å². The van der Waals surface area contributed by atoms with E-state index in [9.17, 15) is 14.7 Å². The maximum Gasteiger partial charge on any atom is 0.302 e. The van der Waals surface area contributed by atoms with E-state index >= 15 is 0 Å². The highest BCUT2D eigenvalue weighted by Crippen LogP contribution is 2.42. The quantitative estimate of drug-likeness (QED) is 0.0807. The lowest BCUT2D eigenvalue weighted by atomic mass is 9.90. The second kappa shape index (κ2) is 14.7. The van der Waals surface area contributed by atoms with Gasteiger partial charge in [-0.15, -0.1) is 0 Å². The molecule has 242 valence electrons. The van der Waals surface area contributed by atoms with Crippen LogP contribution in [0.3, 0.4) is 0 Å². The third-order valence-electron chi connectivity index (χ3n) is 9.38. The molecular weight excluding hydrogens is 588 g/mol. The summed E-state index contributed by atoms with van der Waals surface area (Å²) in [6.07, 6.45) is 17.3. The predicted molar refractivity (Wildman–Crippen MR) is 185 cm³/mol. The Bertz CT molecular complexity index is 1880. The second-order valence-corrected chi connectivity index (χ2v) is 12.6. The molecule has 1 aliphatic heterocycles. The van der Waals surface area contributed by atoms with Crippen LogP contribution < -0.4 is 19.9 Å². The van der Waals surface area contributed by atoms with E-state index in [1.54, 1.807) is 12.1 Å². The monoisotopic (exact) mass is 630 g/mol. The second-order valence-electron chi connectivity index (χ2n) is 12.6. The van der Waals surface area contributed by atoms with E-state index in [4.69, 9.17) is 9.15 Å². The molecule has 2 aromatic carbocycles. The maximum atomic E-state index is 12.3. The first-order chi connectivity index (χ1) is 22.9. The highest BCUT2D eigenvalue weighted by molar-refractivity contribution is 6.07. The number of carboxylic acid groups (broad SMARTS) is 1. The summed E-state index contributed by atoms with van der Waals surface area (Å²) in [5.41, 5.74) is 3.90. The normalized spacial score (nSPS) is 18.2. The lowest BCUT2D eigenvalue weighted by molar-refractivity contribution is -0.254. The van der Waals surface area contributed by atoms with Crippen LogP contribution in [0.5, 0.6) is 0 Å². The molecular formula is C40H42N2O5. The average molecular weight is 631 g/mol. The van der Waals surface area contributed by atoms with Crippen LogP contribution in [0.25, 0.3) is 33.4 Å². The third-order valence-corrected chi connectivity index (χ3v) is 9.38. The number of ether oxygens (including phenoxy) is 1. The highest BCUT2D eigenvalue weighted by atomic mass is 16.5. The van der Waals surface area contributed by atoms with Crippen molar-refractivity contribution in [2.24, 2.45) is 11.8 Å². The summed E-state index contributed by atoms with van der Waals surface area (Å²) in [6, 6.07) is 19.2. The molecule has 47 heavy (non-hydrogen) atoms. The molecule has 4 aliphatic rings. The molecule has 0 aromatic heterocycles. The Morgan fingerprint density at radius 1 is 0.979 bits per heavy atom. The minimum atomic E-state index is -1.23. The highest BCUT2D eigenvalue weighted by Gasteiger charge is 2.23. The van der Waals surface area contributed by atoms with Gasteiger partial charge in [0.15, 0.2) is 6.54 Å². The van der Waals surface area contributed by atoms with E-state index in [0.29, 0.717) is 35.3 Å². The molecule has 7 heteroatoms. The van der Waals surface area contributed by atoms with Gasteiger partial charge in [0.2, 0.25) is 5.36 Å². The van der Waals surface area contributed by atoms with Gasteiger partial charge < -0.3 is 24.0 Å². The molecule has 3 aliphatic carbocycles. The fourth-order valence-corrected chi connectivity index (χ4v) is 6.96. The minimum absolute atomic E-state index is 0.126. The molecule has 2 atom stereocenters. The molecule has 2 aromatic rings. The van der Waals surface area contributed by atoms with E-state index in [1.807, 2.05) is 48.7 Å². The Kier molecular flexibility index (Phi) is 10.0. The molecule has 0 fully saturated rings. The van der Waals surface area contributed by atoms with Gasteiger partial charge in [-0.05, 0) is 74.4 Å². The number of benzene rings is 3. The molecule has 0 amide bonds. The summed E-state index contributed by atoms with van der Waals surface area (Å²) in [4.78, 5) is 26.1. The Labute approximate surface area is 276 Å². The summed E-state index contributed by atoms with van der Waals surface area (Å²) < 4.78 is 14.3. The van der Waals surface area contributed by atoms with E-state index in [2.05, 4.69) is 46.4 Å². The van der Waals surface area contributed by atoms with Crippen molar-refractivity contribution >= 4 is 28.6 Å². The van der Waals surface area contributed by atoms with Crippen LogP contribution in [0.1, 0.15) is 55.8 Å². The topological polar surface area (TPSA) is 85.8 Å². The van der Waals surface area contributed by atoms with Crippen molar-refractivity contribution in [1.82, 2.24) is 4.58 Å². The number of nitrogens with zero attached hydrogens (tertiary/aromatic N) is 2. The molecule has 1 heterocycles. The van der Waals surface area contributed by atoms with Crippen LogP contribution in [0, 0.1) is 11.8 Å². The Hall–Kier alpha value is -4.91. The number of esters is 1. The molecule has 0 saturated carbocycles. The molecule has 0 N–H and O–H groups in total. The summed E-state index contributed by atoms with van der Waals surface area (Å²) in [7, 11) is 0. The standard InChI is InChI=1S/C40H42N2O5/c1-3-41(26-29-12-6-4-7-13-29)31-18-20-35-37(24-31)47-38-25-32(42(22-23-46-28(2)43)27-30-14-8-5-9-15-30)19-21-36(38)39(35)33-16-10-11-17-34(33)40(44)45/h3-6,8,10-11,16-21,24-25,29-30H,1,7,9,12-15,22-23,26-27H2,2H3. The lowest BCUT2D eigenvalue weighted by Gasteiger charge is -2.27. The van der Waals surface area contributed by atoms with Crippen LogP contribution >= 0.6 is 0 Å². The van der Waals surface area contributed by atoms with Crippen molar-refractivity contribution < 1.29 is 23.8 Å². The van der Waals surface area contributed by atoms with Crippen molar-refractivity contribution in [3.63, 3.8) is 0 Å². The number of rotatable bonds is 11. The number of carbonyl (C=O) groups excluding carboxylic acids is 2. The van der Waals surface area contributed by atoms with Gasteiger partial charge in [-0.3, -0.25) is 4.79 Å². The SMILES string of the molecule is C=CN(CC1CC=CCC1)c1ccc2c(-c3ccccc3C(=O)[O-])c3ccc(=[N+](CCOC(C)=O)CC4CC=CCC4)cc-3oc2c1. The zero-order valence-corrected chi connectivity index (χ0v) is 27.0. The number of hydrogen-bond donors (Lipinski definition) is 0. The first-order valence-corrected chi connectivity index (χ1v) is 16.6.